The van der Waals surface area contributed by atoms with Gasteiger partial charge in [-0.15, -0.1) is 0 Å². The molecule has 1 aromatic rings. The minimum atomic E-state index is -0.419. The normalized spacial score (nSPS) is 36.0. The summed E-state index contributed by atoms with van der Waals surface area (Å²) in [5.41, 5.74) is 1.67. The standard InChI is InChI=1S/C25H36N2O3/c1-23(2,3)22(29)26-18-13-25-9-10-27(14-16-5-6-16)21(24(25,4)30-15-18)11-17-7-8-19(28)12-20(17)25/h7-8,12,16,18,21,28H,5-6,9-11,13-15H2,1-4H3,(H,26,29)/t18?,21-,24?,25-/m1/s1. The fourth-order valence-corrected chi connectivity index (χ4v) is 6.28. The van der Waals surface area contributed by atoms with E-state index in [1.54, 1.807) is 0 Å². The molecule has 2 aliphatic carbocycles. The van der Waals surface area contributed by atoms with Crippen LogP contribution in [0.5, 0.6) is 5.75 Å². The van der Waals surface area contributed by atoms with E-state index in [1.165, 1.54) is 30.5 Å². The Kier molecular flexibility index (Phi) is 4.54. The summed E-state index contributed by atoms with van der Waals surface area (Å²) in [5.74, 6) is 1.25. The highest BCUT2D eigenvalue weighted by Gasteiger charge is 2.64. The topological polar surface area (TPSA) is 61.8 Å². The molecule has 2 unspecified atom stereocenters. The zero-order valence-corrected chi connectivity index (χ0v) is 18.8. The zero-order valence-electron chi connectivity index (χ0n) is 18.8. The van der Waals surface area contributed by atoms with Crippen molar-refractivity contribution in [2.75, 3.05) is 19.7 Å². The molecule has 1 amide bonds. The van der Waals surface area contributed by atoms with Crippen molar-refractivity contribution >= 4 is 5.91 Å². The molecule has 2 saturated heterocycles. The molecule has 2 aliphatic heterocycles. The van der Waals surface area contributed by atoms with Gasteiger partial charge in [-0.2, -0.15) is 0 Å². The summed E-state index contributed by atoms with van der Waals surface area (Å²) >= 11 is 0. The second-order valence-corrected chi connectivity index (χ2v) is 11.4. The van der Waals surface area contributed by atoms with Gasteiger partial charge in [0.1, 0.15) is 5.75 Å². The van der Waals surface area contributed by atoms with E-state index in [4.69, 9.17) is 4.74 Å². The van der Waals surface area contributed by atoms with Crippen molar-refractivity contribution < 1.29 is 14.6 Å². The van der Waals surface area contributed by atoms with Crippen molar-refractivity contribution in [2.45, 2.75) is 82.9 Å². The van der Waals surface area contributed by atoms with E-state index in [0.29, 0.717) is 18.4 Å². The molecule has 2 N–H and O–H groups in total. The number of likely N-dealkylation sites (tertiary alicyclic amines) is 1. The molecule has 4 atom stereocenters. The van der Waals surface area contributed by atoms with Crippen LogP contribution < -0.4 is 5.32 Å². The molecule has 3 fully saturated rings. The first-order chi connectivity index (χ1) is 14.1. The number of benzene rings is 1. The Labute approximate surface area is 180 Å². The molecule has 5 heteroatoms. The highest BCUT2D eigenvalue weighted by atomic mass is 16.5. The Morgan fingerprint density at radius 1 is 1.33 bits per heavy atom. The van der Waals surface area contributed by atoms with Crippen LogP contribution in [0.25, 0.3) is 0 Å². The van der Waals surface area contributed by atoms with Crippen LogP contribution in [0.15, 0.2) is 18.2 Å². The second kappa shape index (κ2) is 6.70. The number of hydrogen-bond donors (Lipinski definition) is 2. The molecule has 164 valence electrons. The number of piperidine rings is 1. The number of aromatic hydroxyl groups is 1. The second-order valence-electron chi connectivity index (χ2n) is 11.4. The molecule has 1 aromatic carbocycles. The summed E-state index contributed by atoms with van der Waals surface area (Å²) in [5, 5.41) is 13.6. The van der Waals surface area contributed by atoms with Crippen molar-refractivity contribution in [1.82, 2.24) is 10.2 Å². The van der Waals surface area contributed by atoms with Gasteiger partial charge in [0.05, 0.1) is 18.2 Å². The quantitative estimate of drug-likeness (QED) is 0.799. The minimum absolute atomic E-state index is 0.00580. The molecular formula is C25H36N2O3. The van der Waals surface area contributed by atoms with Gasteiger partial charge in [-0.3, -0.25) is 9.69 Å². The number of phenols is 1. The number of hydrogen-bond acceptors (Lipinski definition) is 4. The molecule has 4 aliphatic rings. The third kappa shape index (κ3) is 3.08. The van der Waals surface area contributed by atoms with Crippen molar-refractivity contribution in [3.05, 3.63) is 29.3 Å². The van der Waals surface area contributed by atoms with Crippen molar-refractivity contribution in [1.29, 1.82) is 0 Å². The molecule has 5 rings (SSSR count). The highest BCUT2D eigenvalue weighted by Crippen LogP contribution is 2.58. The summed E-state index contributed by atoms with van der Waals surface area (Å²) < 4.78 is 6.74. The van der Waals surface area contributed by atoms with Crippen LogP contribution in [0.1, 0.15) is 64.5 Å². The van der Waals surface area contributed by atoms with Crippen molar-refractivity contribution in [2.24, 2.45) is 11.3 Å². The Balaban J connectivity index is 1.52. The fourth-order valence-electron chi connectivity index (χ4n) is 6.28. The van der Waals surface area contributed by atoms with Crippen LogP contribution in [0.4, 0.5) is 0 Å². The number of fused-ring (bicyclic) bond motifs is 1. The lowest BCUT2D eigenvalue weighted by molar-refractivity contribution is -0.205. The van der Waals surface area contributed by atoms with E-state index in [1.807, 2.05) is 32.9 Å². The number of amides is 1. The monoisotopic (exact) mass is 412 g/mol. The van der Waals surface area contributed by atoms with Gasteiger partial charge in [0, 0.05) is 23.4 Å². The van der Waals surface area contributed by atoms with E-state index in [0.717, 1.165) is 31.7 Å². The number of carbonyl (C=O) groups is 1. The summed E-state index contributed by atoms with van der Waals surface area (Å²) in [6.07, 6.45) is 5.56. The number of carbonyl (C=O) groups excluding carboxylic acids is 1. The lowest BCUT2D eigenvalue weighted by Gasteiger charge is -2.65. The molecule has 0 aromatic heterocycles. The van der Waals surface area contributed by atoms with E-state index in [9.17, 15) is 9.90 Å². The third-order valence-electron chi connectivity index (χ3n) is 8.26. The zero-order chi connectivity index (χ0) is 21.3. The molecule has 0 spiro atoms. The Bertz CT molecular complexity index is 858. The summed E-state index contributed by atoms with van der Waals surface area (Å²) in [4.78, 5) is 15.4. The molecule has 5 nitrogen and oxygen atoms in total. The number of nitrogens with one attached hydrogen (secondary N) is 1. The molecule has 1 saturated carbocycles. The third-order valence-corrected chi connectivity index (χ3v) is 8.26. The number of phenolic OH excluding ortho intramolecular Hbond substituents is 1. The van der Waals surface area contributed by atoms with E-state index in [2.05, 4.69) is 23.2 Å². The maximum Gasteiger partial charge on any atom is 0.225 e. The van der Waals surface area contributed by atoms with Gasteiger partial charge in [-0.05, 0) is 74.8 Å². The van der Waals surface area contributed by atoms with Gasteiger partial charge in [0.25, 0.3) is 0 Å². The molecule has 2 bridgehead atoms. The number of rotatable bonds is 3. The van der Waals surface area contributed by atoms with Gasteiger partial charge < -0.3 is 15.2 Å². The van der Waals surface area contributed by atoms with Crippen LogP contribution in [0, 0.1) is 11.3 Å². The Hall–Kier alpha value is -1.59. The fraction of sp³-hybridized carbons (Fsp3) is 0.720. The lowest BCUT2D eigenvalue weighted by atomic mass is 9.52. The average Bonchev–Trinajstić information content (AvgIpc) is 3.48. The molecule has 0 radical (unpaired) electrons. The van der Waals surface area contributed by atoms with Gasteiger partial charge in [-0.1, -0.05) is 26.8 Å². The van der Waals surface area contributed by atoms with E-state index < -0.39 is 5.41 Å². The smallest absolute Gasteiger partial charge is 0.225 e. The molecule has 30 heavy (non-hydrogen) atoms. The maximum atomic E-state index is 12.7. The van der Waals surface area contributed by atoms with Crippen LogP contribution >= 0.6 is 0 Å². The summed E-state index contributed by atoms with van der Waals surface area (Å²) in [7, 11) is 0. The summed E-state index contributed by atoms with van der Waals surface area (Å²) in [6.45, 7) is 11.0. The van der Waals surface area contributed by atoms with Gasteiger partial charge in [0.2, 0.25) is 5.91 Å². The SMILES string of the molecule is CC(C)(C)C(=O)NC1COC2(C)[C@H]3Cc4ccc(O)cc4[C@@]2(CCN3CC2CC2)C1. The number of nitrogens with zero attached hydrogens (tertiary/aromatic N) is 1. The lowest BCUT2D eigenvalue weighted by Crippen LogP contribution is -2.75. The van der Waals surface area contributed by atoms with Crippen LogP contribution in [0.2, 0.25) is 0 Å². The molecule has 2 heterocycles. The highest BCUT2D eigenvalue weighted by molar-refractivity contribution is 5.81. The van der Waals surface area contributed by atoms with Crippen LogP contribution in [-0.4, -0.2) is 53.3 Å². The van der Waals surface area contributed by atoms with Crippen molar-refractivity contribution in [3.63, 3.8) is 0 Å². The number of ether oxygens (including phenoxy) is 1. The Morgan fingerprint density at radius 3 is 2.80 bits per heavy atom. The Morgan fingerprint density at radius 2 is 2.10 bits per heavy atom. The first-order valence-corrected chi connectivity index (χ1v) is 11.6. The first-order valence-electron chi connectivity index (χ1n) is 11.6. The first kappa shape index (κ1) is 20.3. The van der Waals surface area contributed by atoms with Gasteiger partial charge in [0.15, 0.2) is 0 Å². The van der Waals surface area contributed by atoms with Crippen molar-refractivity contribution in [3.8, 4) is 5.75 Å². The van der Waals surface area contributed by atoms with E-state index in [-0.39, 0.29) is 23.0 Å². The summed E-state index contributed by atoms with van der Waals surface area (Å²) in [6, 6.07) is 6.24. The van der Waals surface area contributed by atoms with Crippen LogP contribution in [-0.2, 0) is 21.4 Å². The maximum absolute atomic E-state index is 12.7. The van der Waals surface area contributed by atoms with E-state index >= 15 is 0 Å². The predicted octanol–water partition coefficient (Wildman–Crippen LogP) is 3.38. The van der Waals surface area contributed by atoms with Gasteiger partial charge in [-0.25, -0.2) is 0 Å². The molecular weight excluding hydrogens is 376 g/mol. The predicted molar refractivity (Wildman–Crippen MR) is 117 cm³/mol. The largest absolute Gasteiger partial charge is 0.508 e. The average molecular weight is 413 g/mol. The van der Waals surface area contributed by atoms with Gasteiger partial charge >= 0.3 is 0 Å². The van der Waals surface area contributed by atoms with Crippen LogP contribution in [0.3, 0.4) is 0 Å². The minimum Gasteiger partial charge on any atom is -0.508 e.